The van der Waals surface area contributed by atoms with Crippen molar-refractivity contribution in [2.45, 2.75) is 43.2 Å². The summed E-state index contributed by atoms with van der Waals surface area (Å²) < 4.78 is 32.5. The maximum Gasteiger partial charge on any atom is 0.242 e. The quantitative estimate of drug-likeness (QED) is 0.770. The molecule has 0 aliphatic heterocycles. The van der Waals surface area contributed by atoms with Gasteiger partial charge in [-0.25, -0.2) is 13.1 Å². The Morgan fingerprint density at radius 3 is 2.65 bits per heavy atom. The molecule has 1 atom stereocenters. The van der Waals surface area contributed by atoms with Gasteiger partial charge in [-0.3, -0.25) is 0 Å². The normalized spacial score (nSPS) is 16.9. The number of rotatable bonds is 8. The first-order valence-electron chi connectivity index (χ1n) is 6.93. The maximum absolute atomic E-state index is 12.3. The van der Waals surface area contributed by atoms with Gasteiger partial charge in [0.05, 0.1) is 12.3 Å². The average Bonchev–Trinajstić information content (AvgIpc) is 3.22. The molecule has 0 radical (unpaired) electrons. The first-order valence-corrected chi connectivity index (χ1v) is 8.42. The summed E-state index contributed by atoms with van der Waals surface area (Å²) in [4.78, 5) is 0.307. The largest absolute Gasteiger partial charge is 0.383 e. The van der Waals surface area contributed by atoms with E-state index in [1.54, 1.807) is 25.3 Å². The van der Waals surface area contributed by atoms with E-state index >= 15 is 0 Å². The summed E-state index contributed by atoms with van der Waals surface area (Å²) >= 11 is 0. The summed E-state index contributed by atoms with van der Waals surface area (Å²) in [7, 11) is -1.81. The number of methoxy groups -OCH3 is 1. The summed E-state index contributed by atoms with van der Waals surface area (Å²) in [5, 5.41) is 3.25. The molecule has 5 nitrogen and oxygen atoms in total. The van der Waals surface area contributed by atoms with Crippen LogP contribution in [0, 0.1) is 0 Å². The molecule has 0 saturated heterocycles. The lowest BCUT2D eigenvalue weighted by atomic mass is 10.2. The minimum atomic E-state index is -3.45. The third-order valence-corrected chi connectivity index (χ3v) is 4.87. The Labute approximate surface area is 120 Å². The number of hydrogen-bond acceptors (Lipinski definition) is 4. The molecule has 0 bridgehead atoms. The lowest BCUT2D eigenvalue weighted by Crippen LogP contribution is -2.29. The van der Waals surface area contributed by atoms with Crippen molar-refractivity contribution in [1.29, 1.82) is 0 Å². The van der Waals surface area contributed by atoms with E-state index in [1.807, 2.05) is 13.0 Å². The predicted octanol–water partition coefficient (Wildman–Crippen LogP) is 1.96. The molecule has 1 aliphatic rings. The Morgan fingerprint density at radius 2 is 2.05 bits per heavy atom. The number of sulfonamides is 1. The first-order chi connectivity index (χ1) is 9.56. The summed E-state index contributed by atoms with van der Waals surface area (Å²) in [6, 6.07) is 7.19. The van der Waals surface area contributed by atoms with Gasteiger partial charge >= 0.3 is 0 Å². The molecular weight excluding hydrogens is 276 g/mol. The molecule has 112 valence electrons. The van der Waals surface area contributed by atoms with Crippen LogP contribution < -0.4 is 10.0 Å². The molecule has 1 aromatic carbocycles. The van der Waals surface area contributed by atoms with Gasteiger partial charge in [0.25, 0.3) is 0 Å². The minimum absolute atomic E-state index is 0.0947. The van der Waals surface area contributed by atoms with E-state index in [9.17, 15) is 8.42 Å². The average molecular weight is 298 g/mol. The van der Waals surface area contributed by atoms with Crippen molar-refractivity contribution >= 4 is 15.7 Å². The van der Waals surface area contributed by atoms with E-state index in [2.05, 4.69) is 10.0 Å². The van der Waals surface area contributed by atoms with Gasteiger partial charge in [0.15, 0.2) is 0 Å². The second-order valence-corrected chi connectivity index (χ2v) is 6.78. The molecule has 1 aliphatic carbocycles. The van der Waals surface area contributed by atoms with Gasteiger partial charge in [-0.05, 0) is 31.4 Å². The van der Waals surface area contributed by atoms with Gasteiger partial charge < -0.3 is 10.1 Å². The van der Waals surface area contributed by atoms with Crippen molar-refractivity contribution in [3.05, 3.63) is 24.3 Å². The number of hydrogen-bond donors (Lipinski definition) is 2. The molecule has 2 rings (SSSR count). The molecule has 1 aromatic rings. The highest BCUT2D eigenvalue weighted by molar-refractivity contribution is 7.89. The van der Waals surface area contributed by atoms with E-state index in [4.69, 9.17) is 4.74 Å². The summed E-state index contributed by atoms with van der Waals surface area (Å²) in [5.74, 6) is 0. The molecule has 2 N–H and O–H groups in total. The van der Waals surface area contributed by atoms with Crippen molar-refractivity contribution in [1.82, 2.24) is 4.72 Å². The molecule has 1 fully saturated rings. The molecule has 0 amide bonds. The molecule has 1 saturated carbocycles. The van der Waals surface area contributed by atoms with Crippen LogP contribution in [0.25, 0.3) is 0 Å². The van der Waals surface area contributed by atoms with E-state index in [0.717, 1.165) is 19.3 Å². The van der Waals surface area contributed by atoms with Crippen LogP contribution >= 0.6 is 0 Å². The second kappa shape index (κ2) is 6.56. The molecule has 0 heterocycles. The zero-order valence-corrected chi connectivity index (χ0v) is 12.7. The predicted molar refractivity (Wildman–Crippen MR) is 79.4 cm³/mol. The summed E-state index contributed by atoms with van der Waals surface area (Å²) in [5.41, 5.74) is 0.629. The van der Waals surface area contributed by atoms with E-state index in [-0.39, 0.29) is 12.1 Å². The van der Waals surface area contributed by atoms with Gasteiger partial charge in [-0.15, -0.1) is 0 Å². The van der Waals surface area contributed by atoms with Gasteiger partial charge in [0.2, 0.25) is 10.0 Å². The molecule has 1 unspecified atom stereocenters. The number of para-hydroxylation sites is 1. The van der Waals surface area contributed by atoms with Crippen molar-refractivity contribution in [3.8, 4) is 0 Å². The van der Waals surface area contributed by atoms with Gasteiger partial charge in [0.1, 0.15) is 4.90 Å². The standard InChI is InChI=1S/C14H22N2O3S/c1-3-11(10-19-2)15-13-6-4-5-7-14(13)20(17,18)16-12-8-9-12/h4-7,11-12,15-16H,3,8-10H2,1-2H3. The lowest BCUT2D eigenvalue weighted by molar-refractivity contribution is 0.184. The number of nitrogens with one attached hydrogen (secondary N) is 2. The van der Waals surface area contributed by atoms with Gasteiger partial charge in [-0.1, -0.05) is 19.1 Å². The fourth-order valence-electron chi connectivity index (χ4n) is 1.99. The molecule has 0 aromatic heterocycles. The summed E-state index contributed by atoms with van der Waals surface area (Å²) in [6.07, 6.45) is 2.71. The maximum atomic E-state index is 12.3. The molecule has 0 spiro atoms. The van der Waals surface area contributed by atoms with Gasteiger partial charge in [-0.2, -0.15) is 0 Å². The van der Waals surface area contributed by atoms with Gasteiger partial charge in [0, 0.05) is 19.2 Å². The topological polar surface area (TPSA) is 67.4 Å². The van der Waals surface area contributed by atoms with E-state index in [1.165, 1.54) is 0 Å². The molecule has 6 heteroatoms. The fraction of sp³-hybridized carbons (Fsp3) is 0.571. The monoisotopic (exact) mass is 298 g/mol. The molecule has 20 heavy (non-hydrogen) atoms. The Bertz CT molecular complexity index is 541. The van der Waals surface area contributed by atoms with E-state index in [0.29, 0.717) is 17.2 Å². The van der Waals surface area contributed by atoms with Crippen molar-refractivity contribution in [2.75, 3.05) is 19.0 Å². The zero-order chi connectivity index (χ0) is 14.6. The third kappa shape index (κ3) is 3.94. The Balaban J connectivity index is 2.20. The summed E-state index contributed by atoms with van der Waals surface area (Å²) in [6.45, 7) is 2.58. The number of anilines is 1. The van der Waals surface area contributed by atoms with Crippen LogP contribution in [0.4, 0.5) is 5.69 Å². The van der Waals surface area contributed by atoms with Crippen molar-refractivity contribution in [3.63, 3.8) is 0 Å². The van der Waals surface area contributed by atoms with Crippen LogP contribution in [0.2, 0.25) is 0 Å². The van der Waals surface area contributed by atoms with Crippen LogP contribution in [-0.2, 0) is 14.8 Å². The van der Waals surface area contributed by atoms with Crippen LogP contribution in [0.3, 0.4) is 0 Å². The van der Waals surface area contributed by atoms with Crippen LogP contribution in [0.15, 0.2) is 29.2 Å². The third-order valence-electron chi connectivity index (χ3n) is 3.30. The zero-order valence-electron chi connectivity index (χ0n) is 11.9. The van der Waals surface area contributed by atoms with Crippen molar-refractivity contribution < 1.29 is 13.2 Å². The Kier molecular flexibility index (Phi) is 5.01. The second-order valence-electron chi connectivity index (χ2n) is 5.10. The minimum Gasteiger partial charge on any atom is -0.383 e. The first kappa shape index (κ1) is 15.3. The van der Waals surface area contributed by atoms with Crippen LogP contribution in [-0.4, -0.2) is 34.2 Å². The Hall–Kier alpha value is -1.11. The molecular formula is C14H22N2O3S. The van der Waals surface area contributed by atoms with Crippen LogP contribution in [0.1, 0.15) is 26.2 Å². The highest BCUT2D eigenvalue weighted by Gasteiger charge is 2.29. The number of benzene rings is 1. The number of ether oxygens (including phenoxy) is 1. The van der Waals surface area contributed by atoms with E-state index < -0.39 is 10.0 Å². The fourth-order valence-corrected chi connectivity index (χ4v) is 3.46. The van der Waals surface area contributed by atoms with Crippen LogP contribution in [0.5, 0.6) is 0 Å². The SMILES string of the molecule is CCC(COC)Nc1ccccc1S(=O)(=O)NC1CC1. The van der Waals surface area contributed by atoms with Crippen molar-refractivity contribution in [2.24, 2.45) is 0 Å². The highest BCUT2D eigenvalue weighted by Crippen LogP contribution is 2.26. The Morgan fingerprint density at radius 1 is 1.35 bits per heavy atom. The smallest absolute Gasteiger partial charge is 0.242 e. The highest BCUT2D eigenvalue weighted by atomic mass is 32.2. The lowest BCUT2D eigenvalue weighted by Gasteiger charge is -2.19.